The monoisotopic (exact) mass is 318 g/mol. The van der Waals surface area contributed by atoms with Crippen LogP contribution in [-0.4, -0.2) is 52.1 Å². The summed E-state index contributed by atoms with van der Waals surface area (Å²) in [4.78, 5) is 29.0. The highest BCUT2D eigenvalue weighted by Crippen LogP contribution is 2.14. The topological polar surface area (TPSA) is 69.3 Å². The average Bonchev–Trinajstić information content (AvgIpc) is 2.92. The number of amides is 1. The molecule has 0 radical (unpaired) electrons. The maximum atomic E-state index is 12.4. The summed E-state index contributed by atoms with van der Waals surface area (Å²) < 4.78 is 0. The minimum atomic E-state index is -0.297. The Kier molecular flexibility index (Phi) is 4.65. The highest BCUT2D eigenvalue weighted by atomic mass is 32.1. The molecular weight excluding hydrogens is 300 g/mol. The molecule has 6 nitrogen and oxygen atoms in total. The zero-order valence-corrected chi connectivity index (χ0v) is 13.0. The number of H-pyrrole nitrogens is 1. The maximum Gasteiger partial charge on any atom is 0.274 e. The van der Waals surface area contributed by atoms with E-state index in [1.165, 1.54) is 17.0 Å². The number of nitrogens with one attached hydrogen (secondary N) is 1. The molecule has 0 bridgehead atoms. The van der Waals surface area contributed by atoms with Crippen molar-refractivity contribution in [3.05, 3.63) is 50.6 Å². The molecule has 0 aliphatic carbocycles. The van der Waals surface area contributed by atoms with Gasteiger partial charge in [-0.15, -0.1) is 11.3 Å². The molecule has 2 aromatic rings. The first kappa shape index (κ1) is 14.9. The van der Waals surface area contributed by atoms with Crippen molar-refractivity contribution in [2.75, 3.05) is 26.2 Å². The Morgan fingerprint density at radius 2 is 2.14 bits per heavy atom. The lowest BCUT2D eigenvalue weighted by Gasteiger charge is -2.21. The van der Waals surface area contributed by atoms with Gasteiger partial charge in [-0.3, -0.25) is 14.5 Å². The molecule has 0 saturated carbocycles. The van der Waals surface area contributed by atoms with E-state index in [-0.39, 0.29) is 11.5 Å². The first-order valence-corrected chi connectivity index (χ1v) is 8.20. The molecule has 1 N–H and O–H groups in total. The first-order chi connectivity index (χ1) is 10.7. The number of hydrogen-bond donors (Lipinski definition) is 1. The second-order valence-electron chi connectivity index (χ2n) is 5.31. The van der Waals surface area contributed by atoms with Crippen molar-refractivity contribution < 1.29 is 4.79 Å². The van der Waals surface area contributed by atoms with Crippen molar-refractivity contribution in [2.45, 2.75) is 13.0 Å². The zero-order chi connectivity index (χ0) is 15.4. The van der Waals surface area contributed by atoms with Gasteiger partial charge in [0, 0.05) is 43.7 Å². The van der Waals surface area contributed by atoms with Gasteiger partial charge in [0.1, 0.15) is 5.69 Å². The fourth-order valence-electron chi connectivity index (χ4n) is 2.58. The molecule has 1 aliphatic heterocycles. The van der Waals surface area contributed by atoms with Crippen LogP contribution in [-0.2, 0) is 6.54 Å². The Morgan fingerprint density at radius 1 is 1.23 bits per heavy atom. The summed E-state index contributed by atoms with van der Waals surface area (Å²) in [7, 11) is 0. The average molecular weight is 318 g/mol. The van der Waals surface area contributed by atoms with Gasteiger partial charge >= 0.3 is 0 Å². The number of carbonyl (C=O) groups excluding carboxylic acids is 1. The Labute approximate surface area is 132 Å². The SMILES string of the molecule is O=C(c1ccc(=O)[nH]n1)N1CCCN(Cc2cccs2)CC1. The van der Waals surface area contributed by atoms with Crippen molar-refractivity contribution in [1.82, 2.24) is 20.0 Å². The molecule has 2 aromatic heterocycles. The van der Waals surface area contributed by atoms with Crippen molar-refractivity contribution in [1.29, 1.82) is 0 Å². The van der Waals surface area contributed by atoms with E-state index in [1.807, 2.05) is 4.90 Å². The van der Waals surface area contributed by atoms with E-state index < -0.39 is 0 Å². The molecule has 0 unspecified atom stereocenters. The Bertz CT molecular complexity index is 663. The van der Waals surface area contributed by atoms with Crippen LogP contribution in [0.3, 0.4) is 0 Å². The molecule has 116 valence electrons. The van der Waals surface area contributed by atoms with Crippen molar-refractivity contribution >= 4 is 17.2 Å². The van der Waals surface area contributed by atoms with Gasteiger partial charge in [0.05, 0.1) is 0 Å². The zero-order valence-electron chi connectivity index (χ0n) is 12.2. The second kappa shape index (κ2) is 6.85. The maximum absolute atomic E-state index is 12.4. The Hall–Kier alpha value is -1.99. The quantitative estimate of drug-likeness (QED) is 0.922. The van der Waals surface area contributed by atoms with E-state index in [1.54, 1.807) is 11.3 Å². The highest BCUT2D eigenvalue weighted by Gasteiger charge is 2.21. The minimum absolute atomic E-state index is 0.116. The van der Waals surface area contributed by atoms with Gasteiger partial charge in [-0.25, -0.2) is 5.10 Å². The minimum Gasteiger partial charge on any atom is -0.336 e. The summed E-state index contributed by atoms with van der Waals surface area (Å²) >= 11 is 1.76. The van der Waals surface area contributed by atoms with Crippen molar-refractivity contribution in [3.63, 3.8) is 0 Å². The summed E-state index contributed by atoms with van der Waals surface area (Å²) in [6, 6.07) is 7.02. The number of aromatic nitrogens is 2. The number of rotatable bonds is 3. The molecule has 1 aliphatic rings. The lowest BCUT2D eigenvalue weighted by Crippen LogP contribution is -2.35. The van der Waals surface area contributed by atoms with E-state index in [9.17, 15) is 9.59 Å². The summed E-state index contributed by atoms with van der Waals surface area (Å²) in [6.07, 6.45) is 0.945. The largest absolute Gasteiger partial charge is 0.336 e. The summed E-state index contributed by atoms with van der Waals surface area (Å²) in [5.41, 5.74) is 0.000783. The van der Waals surface area contributed by atoms with Gasteiger partial charge in [0.2, 0.25) is 0 Å². The third-order valence-electron chi connectivity index (χ3n) is 3.73. The van der Waals surface area contributed by atoms with Gasteiger partial charge < -0.3 is 4.90 Å². The predicted octanol–water partition coefficient (Wildman–Crippen LogP) is 1.18. The van der Waals surface area contributed by atoms with Gasteiger partial charge in [-0.05, 0) is 23.9 Å². The second-order valence-corrected chi connectivity index (χ2v) is 6.34. The fraction of sp³-hybridized carbons (Fsp3) is 0.400. The van der Waals surface area contributed by atoms with Crippen LogP contribution in [0.15, 0.2) is 34.4 Å². The Morgan fingerprint density at radius 3 is 2.86 bits per heavy atom. The molecule has 1 fully saturated rings. The van der Waals surface area contributed by atoms with Crippen LogP contribution in [0.5, 0.6) is 0 Å². The number of nitrogens with zero attached hydrogens (tertiary/aromatic N) is 3. The molecule has 0 aromatic carbocycles. The van der Waals surface area contributed by atoms with Gasteiger partial charge in [0.15, 0.2) is 0 Å². The van der Waals surface area contributed by atoms with Crippen LogP contribution in [0, 0.1) is 0 Å². The van der Waals surface area contributed by atoms with Crippen LogP contribution in [0.4, 0.5) is 0 Å². The van der Waals surface area contributed by atoms with Crippen LogP contribution < -0.4 is 5.56 Å². The first-order valence-electron chi connectivity index (χ1n) is 7.32. The van der Waals surface area contributed by atoms with Crippen LogP contribution in [0.1, 0.15) is 21.8 Å². The molecular formula is C15H18N4O2S. The van der Waals surface area contributed by atoms with Crippen LogP contribution in [0.25, 0.3) is 0 Å². The number of hydrogen-bond acceptors (Lipinski definition) is 5. The van der Waals surface area contributed by atoms with Crippen LogP contribution in [0.2, 0.25) is 0 Å². The highest BCUT2D eigenvalue weighted by molar-refractivity contribution is 7.09. The van der Waals surface area contributed by atoms with E-state index in [0.717, 1.165) is 32.6 Å². The van der Waals surface area contributed by atoms with Crippen molar-refractivity contribution in [2.24, 2.45) is 0 Å². The van der Waals surface area contributed by atoms with E-state index in [0.29, 0.717) is 12.2 Å². The molecule has 0 atom stereocenters. The normalized spacial score (nSPS) is 16.5. The van der Waals surface area contributed by atoms with Gasteiger partial charge in [-0.2, -0.15) is 5.10 Å². The molecule has 3 heterocycles. The smallest absolute Gasteiger partial charge is 0.274 e. The fourth-order valence-corrected chi connectivity index (χ4v) is 3.33. The van der Waals surface area contributed by atoms with E-state index in [2.05, 4.69) is 32.6 Å². The molecule has 7 heteroatoms. The van der Waals surface area contributed by atoms with E-state index >= 15 is 0 Å². The number of aromatic amines is 1. The third-order valence-corrected chi connectivity index (χ3v) is 4.59. The summed E-state index contributed by atoms with van der Waals surface area (Å²) in [6.45, 7) is 4.19. The Balaban J connectivity index is 1.61. The molecule has 3 rings (SSSR count). The predicted molar refractivity (Wildman–Crippen MR) is 85.0 cm³/mol. The van der Waals surface area contributed by atoms with E-state index in [4.69, 9.17) is 0 Å². The molecule has 1 amide bonds. The lowest BCUT2D eigenvalue weighted by atomic mass is 10.3. The lowest BCUT2D eigenvalue weighted by molar-refractivity contribution is 0.0754. The molecule has 1 saturated heterocycles. The number of carbonyl (C=O) groups is 1. The standard InChI is InChI=1S/C15H18N4O2S/c20-14-5-4-13(16-17-14)15(21)19-7-2-6-18(8-9-19)11-12-3-1-10-22-12/h1,3-5,10H,2,6-9,11H2,(H,17,20). The van der Waals surface area contributed by atoms with Gasteiger partial charge in [-0.1, -0.05) is 6.07 Å². The summed E-state index contributed by atoms with van der Waals surface area (Å²) in [5.74, 6) is -0.116. The van der Waals surface area contributed by atoms with Crippen molar-refractivity contribution in [3.8, 4) is 0 Å². The van der Waals surface area contributed by atoms with Gasteiger partial charge in [0.25, 0.3) is 11.5 Å². The number of thiophene rings is 1. The molecule has 0 spiro atoms. The third kappa shape index (κ3) is 3.61. The molecule has 22 heavy (non-hydrogen) atoms. The van der Waals surface area contributed by atoms with Crippen LogP contribution >= 0.6 is 11.3 Å². The summed E-state index contributed by atoms with van der Waals surface area (Å²) in [5, 5.41) is 8.22.